The van der Waals surface area contributed by atoms with Gasteiger partial charge in [-0.25, -0.2) is 0 Å². The SMILES string of the molecule is CCCc1ccc(C(=O)N2CCN(C(=O)c3cccc(C#N)c3)CC2)cc1. The minimum atomic E-state index is -0.0943. The molecule has 0 aromatic heterocycles. The standard InChI is InChI=1S/C22H23N3O2/c1-2-4-17-7-9-19(10-8-17)21(26)24-11-13-25(14-12-24)22(27)20-6-3-5-18(15-20)16-23/h3,5-10,15H,2,4,11-14H2,1H3. The number of carbonyl (C=O) groups excluding carboxylic acids is 2. The van der Waals surface area contributed by atoms with Gasteiger partial charge in [-0.05, 0) is 42.3 Å². The molecule has 0 unspecified atom stereocenters. The molecule has 0 atom stereocenters. The number of hydrogen-bond acceptors (Lipinski definition) is 3. The fourth-order valence-electron chi connectivity index (χ4n) is 3.30. The van der Waals surface area contributed by atoms with Gasteiger partial charge in [-0.2, -0.15) is 5.26 Å². The van der Waals surface area contributed by atoms with E-state index in [1.165, 1.54) is 5.56 Å². The van der Waals surface area contributed by atoms with Gasteiger partial charge >= 0.3 is 0 Å². The molecule has 1 fully saturated rings. The van der Waals surface area contributed by atoms with E-state index in [0.29, 0.717) is 42.9 Å². The first-order chi connectivity index (χ1) is 13.1. The molecule has 138 valence electrons. The summed E-state index contributed by atoms with van der Waals surface area (Å²) in [5, 5.41) is 8.99. The number of amides is 2. The van der Waals surface area contributed by atoms with Crippen LogP contribution in [0, 0.1) is 11.3 Å². The van der Waals surface area contributed by atoms with Crippen molar-refractivity contribution in [2.75, 3.05) is 26.2 Å². The Labute approximate surface area is 159 Å². The third-order valence-electron chi connectivity index (χ3n) is 4.83. The molecule has 0 aliphatic carbocycles. The maximum atomic E-state index is 12.7. The number of nitriles is 1. The lowest BCUT2D eigenvalue weighted by atomic mass is 10.1. The van der Waals surface area contributed by atoms with E-state index in [9.17, 15) is 9.59 Å². The molecule has 1 aliphatic rings. The molecule has 2 amide bonds. The number of carbonyl (C=O) groups is 2. The summed E-state index contributed by atoms with van der Waals surface area (Å²) in [6.07, 6.45) is 2.10. The summed E-state index contributed by atoms with van der Waals surface area (Å²) in [6.45, 7) is 4.15. The molecule has 0 radical (unpaired) electrons. The maximum absolute atomic E-state index is 12.7. The fraction of sp³-hybridized carbons (Fsp3) is 0.318. The summed E-state index contributed by atoms with van der Waals surface area (Å²) in [7, 11) is 0. The van der Waals surface area contributed by atoms with Crippen LogP contribution in [0.3, 0.4) is 0 Å². The summed E-state index contributed by atoms with van der Waals surface area (Å²) in [4.78, 5) is 28.8. The van der Waals surface area contributed by atoms with Crippen molar-refractivity contribution in [1.29, 1.82) is 5.26 Å². The number of hydrogen-bond donors (Lipinski definition) is 0. The monoisotopic (exact) mass is 361 g/mol. The molecule has 2 aromatic rings. The molecule has 0 N–H and O–H groups in total. The van der Waals surface area contributed by atoms with E-state index in [1.54, 1.807) is 34.1 Å². The molecule has 0 bridgehead atoms. The van der Waals surface area contributed by atoms with Crippen molar-refractivity contribution in [3.05, 3.63) is 70.8 Å². The highest BCUT2D eigenvalue weighted by molar-refractivity contribution is 5.96. The summed E-state index contributed by atoms with van der Waals surface area (Å²) in [6, 6.07) is 16.6. The fourth-order valence-corrected chi connectivity index (χ4v) is 3.30. The lowest BCUT2D eigenvalue weighted by molar-refractivity contribution is 0.0535. The molecule has 1 saturated heterocycles. The van der Waals surface area contributed by atoms with Crippen LogP contribution in [0.2, 0.25) is 0 Å². The second-order valence-electron chi connectivity index (χ2n) is 6.72. The van der Waals surface area contributed by atoms with Gasteiger partial charge in [-0.3, -0.25) is 9.59 Å². The molecule has 5 nitrogen and oxygen atoms in total. The smallest absolute Gasteiger partial charge is 0.254 e. The Morgan fingerprint density at radius 3 is 2.07 bits per heavy atom. The molecule has 27 heavy (non-hydrogen) atoms. The zero-order valence-corrected chi connectivity index (χ0v) is 15.5. The second kappa shape index (κ2) is 8.50. The Balaban J connectivity index is 1.60. The van der Waals surface area contributed by atoms with Gasteiger partial charge in [-0.1, -0.05) is 31.5 Å². The highest BCUT2D eigenvalue weighted by Gasteiger charge is 2.25. The van der Waals surface area contributed by atoms with Crippen LogP contribution >= 0.6 is 0 Å². The molecule has 1 aliphatic heterocycles. The first-order valence-electron chi connectivity index (χ1n) is 9.30. The molecule has 2 aromatic carbocycles. The van der Waals surface area contributed by atoms with Gasteiger partial charge in [0.15, 0.2) is 0 Å². The first kappa shape index (κ1) is 18.7. The number of aryl methyl sites for hydroxylation is 1. The molecule has 0 saturated carbocycles. The van der Waals surface area contributed by atoms with E-state index < -0.39 is 0 Å². The van der Waals surface area contributed by atoms with Crippen molar-refractivity contribution in [2.24, 2.45) is 0 Å². The molecule has 1 heterocycles. The van der Waals surface area contributed by atoms with E-state index in [2.05, 4.69) is 13.0 Å². The van der Waals surface area contributed by atoms with Crippen LogP contribution in [-0.4, -0.2) is 47.8 Å². The third-order valence-corrected chi connectivity index (χ3v) is 4.83. The Kier molecular flexibility index (Phi) is 5.87. The van der Waals surface area contributed by atoms with E-state index in [4.69, 9.17) is 5.26 Å². The minimum absolute atomic E-state index is 0.0108. The Bertz CT molecular complexity index is 860. The molecular formula is C22H23N3O2. The summed E-state index contributed by atoms with van der Waals surface area (Å²) < 4.78 is 0. The van der Waals surface area contributed by atoms with Crippen molar-refractivity contribution in [1.82, 2.24) is 9.80 Å². The van der Waals surface area contributed by atoms with Crippen LogP contribution in [0.4, 0.5) is 0 Å². The number of benzene rings is 2. The van der Waals surface area contributed by atoms with Gasteiger partial charge in [-0.15, -0.1) is 0 Å². The van der Waals surface area contributed by atoms with Gasteiger partial charge in [0, 0.05) is 37.3 Å². The minimum Gasteiger partial charge on any atom is -0.335 e. The van der Waals surface area contributed by atoms with E-state index in [0.717, 1.165) is 12.8 Å². The van der Waals surface area contributed by atoms with Crippen LogP contribution in [0.25, 0.3) is 0 Å². The van der Waals surface area contributed by atoms with E-state index >= 15 is 0 Å². The van der Waals surface area contributed by atoms with Gasteiger partial charge < -0.3 is 9.80 Å². The topological polar surface area (TPSA) is 64.4 Å². The Morgan fingerprint density at radius 2 is 1.52 bits per heavy atom. The Hall–Kier alpha value is -3.13. The van der Waals surface area contributed by atoms with Crippen molar-refractivity contribution in [3.8, 4) is 6.07 Å². The van der Waals surface area contributed by atoms with E-state index in [1.807, 2.05) is 24.3 Å². The molecule has 0 spiro atoms. The highest BCUT2D eigenvalue weighted by atomic mass is 16.2. The largest absolute Gasteiger partial charge is 0.335 e. The highest BCUT2D eigenvalue weighted by Crippen LogP contribution is 2.14. The van der Waals surface area contributed by atoms with E-state index in [-0.39, 0.29) is 11.8 Å². The molecule has 5 heteroatoms. The zero-order chi connectivity index (χ0) is 19.2. The van der Waals surface area contributed by atoms with Gasteiger partial charge in [0.1, 0.15) is 0 Å². The molecule has 3 rings (SSSR count). The lowest BCUT2D eigenvalue weighted by Crippen LogP contribution is -2.50. The predicted octanol–water partition coefficient (Wildman–Crippen LogP) is 3.11. The normalized spacial score (nSPS) is 13.9. The first-order valence-corrected chi connectivity index (χ1v) is 9.30. The van der Waals surface area contributed by atoms with Crippen LogP contribution < -0.4 is 0 Å². The summed E-state index contributed by atoms with van der Waals surface area (Å²) in [5.41, 5.74) is 2.92. The average Bonchev–Trinajstić information content (AvgIpc) is 2.73. The lowest BCUT2D eigenvalue weighted by Gasteiger charge is -2.35. The van der Waals surface area contributed by atoms with Crippen molar-refractivity contribution in [3.63, 3.8) is 0 Å². The van der Waals surface area contributed by atoms with Crippen molar-refractivity contribution in [2.45, 2.75) is 19.8 Å². The van der Waals surface area contributed by atoms with Gasteiger partial charge in [0.25, 0.3) is 11.8 Å². The van der Waals surface area contributed by atoms with Gasteiger partial charge in [0.05, 0.1) is 11.6 Å². The predicted molar refractivity (Wildman–Crippen MR) is 103 cm³/mol. The molecular weight excluding hydrogens is 338 g/mol. The Morgan fingerprint density at radius 1 is 0.926 bits per heavy atom. The third kappa shape index (κ3) is 4.35. The number of rotatable bonds is 4. The second-order valence-corrected chi connectivity index (χ2v) is 6.72. The zero-order valence-electron chi connectivity index (χ0n) is 15.5. The maximum Gasteiger partial charge on any atom is 0.254 e. The summed E-state index contributed by atoms with van der Waals surface area (Å²) in [5.74, 6) is -0.0836. The van der Waals surface area contributed by atoms with Crippen molar-refractivity contribution < 1.29 is 9.59 Å². The van der Waals surface area contributed by atoms with Crippen LogP contribution in [0.5, 0.6) is 0 Å². The van der Waals surface area contributed by atoms with Crippen LogP contribution in [0.15, 0.2) is 48.5 Å². The van der Waals surface area contributed by atoms with Crippen LogP contribution in [0.1, 0.15) is 45.2 Å². The quantitative estimate of drug-likeness (QED) is 0.840. The van der Waals surface area contributed by atoms with Gasteiger partial charge in [0.2, 0.25) is 0 Å². The number of piperazine rings is 1. The van der Waals surface area contributed by atoms with Crippen LogP contribution in [-0.2, 0) is 6.42 Å². The van der Waals surface area contributed by atoms with Crippen molar-refractivity contribution >= 4 is 11.8 Å². The number of nitrogens with zero attached hydrogens (tertiary/aromatic N) is 3. The average molecular weight is 361 g/mol. The summed E-state index contributed by atoms with van der Waals surface area (Å²) >= 11 is 0.